The van der Waals surface area contributed by atoms with Crippen LogP contribution in [0.25, 0.3) is 0 Å². The highest BCUT2D eigenvalue weighted by Crippen LogP contribution is 2.62. The van der Waals surface area contributed by atoms with E-state index in [-0.39, 0.29) is 34.8 Å². The number of ether oxygens (including phenoxy) is 1. The second-order valence-electron chi connectivity index (χ2n) is 12.1. The lowest BCUT2D eigenvalue weighted by molar-refractivity contribution is -0.139. The predicted octanol–water partition coefficient (Wildman–Crippen LogP) is 5.16. The summed E-state index contributed by atoms with van der Waals surface area (Å²) in [6.45, 7) is -0.0375. The van der Waals surface area contributed by atoms with Crippen LogP contribution >= 0.6 is 39.1 Å². The number of nitrogens with one attached hydrogen (secondary N) is 1. The number of imide groups is 1. The monoisotopic (exact) mass is 794 g/mol. The van der Waals surface area contributed by atoms with Crippen molar-refractivity contribution in [2.24, 2.45) is 13.0 Å². The van der Waals surface area contributed by atoms with E-state index in [4.69, 9.17) is 27.9 Å². The molecule has 0 unspecified atom stereocenters. The van der Waals surface area contributed by atoms with Gasteiger partial charge in [0.05, 0.1) is 46.1 Å². The zero-order valence-electron chi connectivity index (χ0n) is 25.8. The average Bonchev–Trinajstić information content (AvgIpc) is 3.43. The first-order valence-corrected chi connectivity index (χ1v) is 16.4. The largest absolute Gasteiger partial charge is 0.503 e. The van der Waals surface area contributed by atoms with Gasteiger partial charge in [-0.25, -0.2) is 28.5 Å². The molecule has 260 valence electrons. The van der Waals surface area contributed by atoms with Gasteiger partial charge in [0.25, 0.3) is 11.8 Å². The molecule has 4 heterocycles. The molecule has 7 rings (SSSR count). The molecule has 4 atom stereocenters. The van der Waals surface area contributed by atoms with Crippen LogP contribution in [0.15, 0.2) is 74.4 Å². The van der Waals surface area contributed by atoms with Gasteiger partial charge in [-0.2, -0.15) is 18.2 Å². The molecule has 0 spiro atoms. The SMILES string of the molecule is COc1cc([C@H]2C3=CCn4c(=O)n(C)c(=O)n4[C@@H]3C[C@H]3C(=O)N(Nc4ncc(C(F)(F)F)cc4Cl)C(=O)[C@@]23c2ccc(Cl)cc2)cc(Br)c1O. The van der Waals surface area contributed by atoms with E-state index in [1.165, 1.54) is 29.6 Å². The molecule has 2 aliphatic heterocycles. The van der Waals surface area contributed by atoms with Gasteiger partial charge in [0, 0.05) is 24.2 Å². The van der Waals surface area contributed by atoms with Crippen LogP contribution in [0.4, 0.5) is 19.0 Å². The molecular weight excluding hydrogens is 772 g/mol. The number of aromatic nitrogens is 4. The number of phenols is 1. The van der Waals surface area contributed by atoms with E-state index in [1.807, 2.05) is 0 Å². The summed E-state index contributed by atoms with van der Waals surface area (Å²) in [7, 11) is 2.67. The lowest BCUT2D eigenvalue weighted by Gasteiger charge is -2.49. The summed E-state index contributed by atoms with van der Waals surface area (Å²) in [4.78, 5) is 60.1. The van der Waals surface area contributed by atoms with Crippen LogP contribution in [0.2, 0.25) is 10.0 Å². The minimum absolute atomic E-state index is 0.0375. The lowest BCUT2D eigenvalue weighted by Crippen LogP contribution is -2.53. The molecule has 2 aromatic heterocycles. The molecule has 2 N–H and O–H groups in total. The topological polar surface area (TPSA) is 141 Å². The number of benzene rings is 2. The van der Waals surface area contributed by atoms with Crippen molar-refractivity contribution in [1.29, 1.82) is 0 Å². The minimum atomic E-state index is -4.75. The summed E-state index contributed by atoms with van der Waals surface area (Å²) in [6, 6.07) is 9.10. The molecular formula is C32H24BrCl2F3N6O6. The summed E-state index contributed by atoms with van der Waals surface area (Å²) in [5, 5.41) is 11.2. The van der Waals surface area contributed by atoms with Crippen molar-refractivity contribution in [3.05, 3.63) is 112 Å². The second kappa shape index (κ2) is 11.8. The molecule has 18 heteroatoms. The highest BCUT2D eigenvalue weighted by molar-refractivity contribution is 9.10. The number of fused-ring (bicyclic) bond motifs is 4. The van der Waals surface area contributed by atoms with Crippen LogP contribution in [0, 0.1) is 5.92 Å². The maximum atomic E-state index is 15.1. The quantitative estimate of drug-likeness (QED) is 0.209. The Hall–Kier alpha value is -4.54. The van der Waals surface area contributed by atoms with Gasteiger partial charge < -0.3 is 9.84 Å². The number of pyridine rings is 1. The van der Waals surface area contributed by atoms with Crippen molar-refractivity contribution in [1.82, 2.24) is 23.9 Å². The molecule has 3 aliphatic rings. The number of hydrazine groups is 1. The van der Waals surface area contributed by atoms with Crippen LogP contribution in [0.5, 0.6) is 11.5 Å². The number of halogens is 6. The van der Waals surface area contributed by atoms with Gasteiger partial charge in [-0.05, 0) is 69.4 Å². The lowest BCUT2D eigenvalue weighted by atomic mass is 9.53. The second-order valence-corrected chi connectivity index (χ2v) is 13.8. The van der Waals surface area contributed by atoms with Crippen LogP contribution in [0.3, 0.4) is 0 Å². The number of phenolic OH excluding ortho intramolecular Hbond substituents is 1. The molecule has 1 saturated heterocycles. The molecule has 2 fully saturated rings. The van der Waals surface area contributed by atoms with Crippen molar-refractivity contribution in [3.63, 3.8) is 0 Å². The Morgan fingerprint density at radius 2 is 1.78 bits per heavy atom. The maximum Gasteiger partial charge on any atom is 0.417 e. The Balaban J connectivity index is 1.50. The smallest absolute Gasteiger partial charge is 0.417 e. The summed E-state index contributed by atoms with van der Waals surface area (Å²) < 4.78 is 49.3. The van der Waals surface area contributed by atoms with Crippen LogP contribution in [-0.4, -0.2) is 48.0 Å². The van der Waals surface area contributed by atoms with Crippen molar-refractivity contribution in [2.75, 3.05) is 12.5 Å². The molecule has 2 amide bonds. The molecule has 4 aromatic rings. The Kier molecular flexibility index (Phi) is 7.99. The Morgan fingerprint density at radius 1 is 1.08 bits per heavy atom. The van der Waals surface area contributed by atoms with E-state index >= 15 is 4.79 Å². The third-order valence-electron chi connectivity index (χ3n) is 9.62. The van der Waals surface area contributed by atoms with E-state index in [0.29, 0.717) is 39.0 Å². The number of rotatable bonds is 5. The van der Waals surface area contributed by atoms with E-state index in [0.717, 1.165) is 4.57 Å². The zero-order valence-corrected chi connectivity index (χ0v) is 28.9. The summed E-state index contributed by atoms with van der Waals surface area (Å²) in [5.41, 5.74) is -0.286. The normalized spacial score (nSPS) is 22.9. The van der Waals surface area contributed by atoms with Crippen molar-refractivity contribution in [2.45, 2.75) is 36.5 Å². The first kappa shape index (κ1) is 33.9. The average molecular weight is 796 g/mol. The predicted molar refractivity (Wildman–Crippen MR) is 177 cm³/mol. The van der Waals surface area contributed by atoms with Crippen molar-refractivity contribution >= 4 is 56.8 Å². The Bertz CT molecular complexity index is 2270. The van der Waals surface area contributed by atoms with Crippen molar-refractivity contribution in [3.8, 4) is 11.5 Å². The van der Waals surface area contributed by atoms with E-state index in [1.54, 1.807) is 36.4 Å². The Labute approximate surface area is 298 Å². The van der Waals surface area contributed by atoms with E-state index in [9.17, 15) is 32.7 Å². The highest BCUT2D eigenvalue weighted by atomic mass is 79.9. The standard InChI is InChI=1S/C32H24BrCl2F3N6O6/c1-41-29(48)42-8-7-18-22(44(42)30(41)49)12-19-27(46)43(40-26-21(35)11-16(13-39-26)32(36,37)38)28(47)31(19,15-3-5-17(34)6-4-15)24(18)14-9-20(33)25(45)23(10-14)50-2/h3-7,9-11,13,19,22,24,45H,8,12H2,1-2H3,(H,39,40)/t19-,22+,24-,31+/m0/s1. The van der Waals surface area contributed by atoms with Gasteiger partial charge in [-0.3, -0.25) is 15.0 Å². The first-order chi connectivity index (χ1) is 23.6. The number of hydrogen-bond acceptors (Lipinski definition) is 8. The fourth-order valence-corrected chi connectivity index (χ4v) is 8.24. The van der Waals surface area contributed by atoms with Gasteiger partial charge in [-0.15, -0.1) is 0 Å². The van der Waals surface area contributed by atoms with E-state index in [2.05, 4.69) is 26.3 Å². The third kappa shape index (κ3) is 4.82. The number of amides is 2. The van der Waals surface area contributed by atoms with E-state index < -0.39 is 63.2 Å². The Morgan fingerprint density at radius 3 is 2.42 bits per heavy atom. The molecule has 0 bridgehead atoms. The summed E-state index contributed by atoms with van der Waals surface area (Å²) in [5.74, 6) is -4.46. The molecule has 1 saturated carbocycles. The fourth-order valence-electron chi connectivity index (χ4n) is 7.44. The van der Waals surface area contributed by atoms with Gasteiger partial charge >= 0.3 is 17.6 Å². The number of nitrogens with zero attached hydrogens (tertiary/aromatic N) is 5. The molecule has 12 nitrogen and oxygen atoms in total. The maximum absolute atomic E-state index is 15.1. The van der Waals surface area contributed by atoms with Crippen molar-refractivity contribution < 1.29 is 32.6 Å². The number of carbonyl (C=O) groups excluding carboxylic acids is 2. The number of alkyl halides is 3. The minimum Gasteiger partial charge on any atom is -0.503 e. The molecule has 0 radical (unpaired) electrons. The zero-order chi connectivity index (χ0) is 36.0. The number of methoxy groups -OCH3 is 1. The summed E-state index contributed by atoms with van der Waals surface area (Å²) in [6.07, 6.45) is -2.64. The highest BCUT2D eigenvalue weighted by Gasteiger charge is 2.69. The van der Waals surface area contributed by atoms with Crippen LogP contribution in [0.1, 0.15) is 35.1 Å². The summed E-state index contributed by atoms with van der Waals surface area (Å²) >= 11 is 15.8. The van der Waals surface area contributed by atoms with Crippen LogP contribution < -0.4 is 21.5 Å². The molecule has 50 heavy (non-hydrogen) atoms. The first-order valence-electron chi connectivity index (χ1n) is 14.9. The number of hydrogen-bond donors (Lipinski definition) is 2. The van der Waals surface area contributed by atoms with Gasteiger partial charge in [0.1, 0.15) is 0 Å². The van der Waals surface area contributed by atoms with Gasteiger partial charge in [-0.1, -0.05) is 41.4 Å². The third-order valence-corrected chi connectivity index (χ3v) is 10.8. The number of aromatic hydroxyl groups is 1. The number of carbonyl (C=O) groups is 2. The number of anilines is 1. The number of allylic oxidation sites excluding steroid dienone is 2. The van der Waals surface area contributed by atoms with Gasteiger partial charge in [0.15, 0.2) is 17.3 Å². The fraction of sp³-hybridized carbons (Fsp3) is 0.281. The van der Waals surface area contributed by atoms with Crippen LogP contribution in [-0.2, 0) is 34.8 Å². The molecule has 1 aliphatic carbocycles. The van der Waals surface area contributed by atoms with Gasteiger partial charge in [0.2, 0.25) is 0 Å². The molecule has 2 aromatic carbocycles.